The first-order chi connectivity index (χ1) is 17.0. The van der Waals surface area contributed by atoms with Crippen LogP contribution in [-0.4, -0.2) is 22.7 Å². The van der Waals surface area contributed by atoms with Gasteiger partial charge < -0.3 is 9.47 Å². The second-order valence-corrected chi connectivity index (χ2v) is 9.78. The van der Waals surface area contributed by atoms with Gasteiger partial charge in [0.15, 0.2) is 4.11 Å². The Hall–Kier alpha value is -2.61. The second kappa shape index (κ2) is 10.2. The standard InChI is InChI=1S/C30H25F2IO2/c31-30(32)27(22-13-5-1-6-14-22)26(35-28(30)33)21-34-29(23-15-7-2-8-16-23,24-17-9-3-10-18-24)25-19-11-4-12-20-25/h1-20,26-28H,21H2/t26-,27+,28?/m0/s1. The minimum atomic E-state index is -3.02. The van der Waals surface area contributed by atoms with Crippen LogP contribution in [-0.2, 0) is 15.1 Å². The topological polar surface area (TPSA) is 18.5 Å². The molecule has 35 heavy (non-hydrogen) atoms. The summed E-state index contributed by atoms with van der Waals surface area (Å²) in [6.07, 6.45) is -0.815. The number of alkyl halides is 3. The van der Waals surface area contributed by atoms with Crippen molar-refractivity contribution in [3.8, 4) is 0 Å². The van der Waals surface area contributed by atoms with Crippen molar-refractivity contribution in [2.75, 3.05) is 6.61 Å². The summed E-state index contributed by atoms with van der Waals surface area (Å²) in [6, 6.07) is 38.6. The van der Waals surface area contributed by atoms with Crippen LogP contribution in [0.1, 0.15) is 28.2 Å². The van der Waals surface area contributed by atoms with Crippen molar-refractivity contribution < 1.29 is 18.3 Å². The van der Waals surface area contributed by atoms with Crippen molar-refractivity contribution in [2.24, 2.45) is 0 Å². The molecular formula is C30H25F2IO2. The molecule has 0 saturated carbocycles. The van der Waals surface area contributed by atoms with Crippen LogP contribution in [0.2, 0.25) is 0 Å². The molecule has 3 atom stereocenters. The molecule has 0 spiro atoms. The van der Waals surface area contributed by atoms with Crippen molar-refractivity contribution in [1.29, 1.82) is 0 Å². The molecular weight excluding hydrogens is 557 g/mol. The van der Waals surface area contributed by atoms with Crippen LogP contribution in [0.25, 0.3) is 0 Å². The average molecular weight is 582 g/mol. The highest BCUT2D eigenvalue weighted by atomic mass is 127. The highest BCUT2D eigenvalue weighted by molar-refractivity contribution is 14.1. The zero-order valence-corrected chi connectivity index (χ0v) is 21.1. The van der Waals surface area contributed by atoms with Crippen molar-refractivity contribution in [2.45, 2.75) is 27.7 Å². The largest absolute Gasteiger partial charge is 0.358 e. The maximum atomic E-state index is 15.3. The van der Waals surface area contributed by atoms with Crippen molar-refractivity contribution in [3.63, 3.8) is 0 Å². The fourth-order valence-corrected chi connectivity index (χ4v) is 5.68. The number of benzene rings is 4. The molecule has 0 radical (unpaired) electrons. The quantitative estimate of drug-likeness (QED) is 0.127. The van der Waals surface area contributed by atoms with E-state index in [4.69, 9.17) is 9.47 Å². The van der Waals surface area contributed by atoms with Gasteiger partial charge in [0.1, 0.15) is 5.60 Å². The normalized spacial score (nSPS) is 21.6. The number of rotatable bonds is 7. The monoisotopic (exact) mass is 582 g/mol. The van der Waals surface area contributed by atoms with Gasteiger partial charge in [-0.3, -0.25) is 0 Å². The Morgan fingerprint density at radius 2 is 1.09 bits per heavy atom. The lowest BCUT2D eigenvalue weighted by molar-refractivity contribution is -0.0538. The predicted octanol–water partition coefficient (Wildman–Crippen LogP) is 7.57. The van der Waals surface area contributed by atoms with Crippen molar-refractivity contribution in [1.82, 2.24) is 0 Å². The summed E-state index contributed by atoms with van der Waals surface area (Å²) >= 11 is 1.70. The summed E-state index contributed by atoms with van der Waals surface area (Å²) in [5.74, 6) is -4.13. The molecule has 1 saturated heterocycles. The number of hydrogen-bond acceptors (Lipinski definition) is 2. The molecule has 0 amide bonds. The zero-order chi connectivity index (χ0) is 24.3. The third-order valence-electron chi connectivity index (χ3n) is 6.55. The Morgan fingerprint density at radius 1 is 0.686 bits per heavy atom. The first kappa shape index (κ1) is 24.1. The molecule has 4 aromatic rings. The summed E-state index contributed by atoms with van der Waals surface area (Å²) in [4.78, 5) is 0. The summed E-state index contributed by atoms with van der Waals surface area (Å²) < 4.78 is 42.1. The fraction of sp³-hybridized carbons (Fsp3) is 0.200. The van der Waals surface area contributed by atoms with Crippen LogP contribution in [0.15, 0.2) is 121 Å². The molecule has 1 aliphatic rings. The molecule has 1 heterocycles. The molecule has 1 fully saturated rings. The van der Waals surface area contributed by atoms with Crippen LogP contribution in [0.3, 0.4) is 0 Å². The molecule has 0 bridgehead atoms. The van der Waals surface area contributed by atoms with Gasteiger partial charge in [-0.15, -0.1) is 0 Å². The first-order valence-electron chi connectivity index (χ1n) is 11.6. The lowest BCUT2D eigenvalue weighted by Gasteiger charge is -2.37. The highest BCUT2D eigenvalue weighted by Gasteiger charge is 2.58. The SMILES string of the molecule is FC1(F)C(I)O[C@@H](COC(c2ccccc2)(c2ccccc2)c2ccccc2)[C@H]1c1ccccc1. The summed E-state index contributed by atoms with van der Waals surface area (Å²) in [5, 5.41) is 0. The molecule has 1 unspecified atom stereocenters. The Labute approximate surface area is 218 Å². The van der Waals surface area contributed by atoms with Crippen molar-refractivity contribution >= 4 is 22.6 Å². The van der Waals surface area contributed by atoms with Crippen molar-refractivity contribution in [3.05, 3.63) is 144 Å². The molecule has 5 rings (SSSR count). The van der Waals surface area contributed by atoms with Crippen LogP contribution >= 0.6 is 22.6 Å². The molecule has 2 nitrogen and oxygen atoms in total. The van der Waals surface area contributed by atoms with Gasteiger partial charge in [0, 0.05) is 0 Å². The Balaban J connectivity index is 1.60. The number of hydrogen-bond donors (Lipinski definition) is 0. The molecule has 0 aromatic heterocycles. The molecule has 1 aliphatic heterocycles. The van der Waals surface area contributed by atoms with E-state index in [0.29, 0.717) is 5.56 Å². The Bertz CT molecular complexity index is 1120. The lowest BCUT2D eigenvalue weighted by atomic mass is 9.80. The minimum absolute atomic E-state index is 0.00661. The molecule has 5 heteroatoms. The second-order valence-electron chi connectivity index (χ2n) is 8.64. The van der Waals surface area contributed by atoms with E-state index in [9.17, 15) is 0 Å². The van der Waals surface area contributed by atoms with Crippen LogP contribution in [0.5, 0.6) is 0 Å². The van der Waals surface area contributed by atoms with Gasteiger partial charge in [-0.25, -0.2) is 8.78 Å². The Kier molecular flexibility index (Phi) is 7.00. The number of ether oxygens (including phenoxy) is 2. The summed E-state index contributed by atoms with van der Waals surface area (Å²) in [6.45, 7) is -0.00661. The van der Waals surface area contributed by atoms with Gasteiger partial charge in [0.05, 0.1) is 18.6 Å². The summed E-state index contributed by atoms with van der Waals surface area (Å²) in [5.41, 5.74) is 2.32. The fourth-order valence-electron chi connectivity index (χ4n) is 4.92. The average Bonchev–Trinajstić information content (AvgIpc) is 3.14. The molecule has 0 aliphatic carbocycles. The van der Waals surface area contributed by atoms with E-state index in [1.807, 2.05) is 97.1 Å². The van der Waals surface area contributed by atoms with Crippen LogP contribution in [0, 0.1) is 0 Å². The first-order valence-corrected chi connectivity index (χ1v) is 12.8. The van der Waals surface area contributed by atoms with E-state index in [0.717, 1.165) is 16.7 Å². The smallest absolute Gasteiger partial charge is 0.292 e. The number of halogens is 3. The molecule has 4 aromatic carbocycles. The highest BCUT2D eigenvalue weighted by Crippen LogP contribution is 2.50. The van der Waals surface area contributed by atoms with Gasteiger partial charge >= 0.3 is 0 Å². The Morgan fingerprint density at radius 3 is 1.51 bits per heavy atom. The lowest BCUT2D eigenvalue weighted by Crippen LogP contribution is -2.38. The van der Waals surface area contributed by atoms with E-state index in [1.165, 1.54) is 0 Å². The van der Waals surface area contributed by atoms with E-state index in [-0.39, 0.29) is 6.61 Å². The molecule has 0 N–H and O–H groups in total. The van der Waals surface area contributed by atoms with Gasteiger partial charge in [-0.1, -0.05) is 121 Å². The van der Waals surface area contributed by atoms with Gasteiger partial charge in [-0.05, 0) is 44.8 Å². The molecule has 178 valence electrons. The maximum absolute atomic E-state index is 15.3. The van der Waals surface area contributed by atoms with E-state index in [1.54, 1.807) is 46.9 Å². The third kappa shape index (κ3) is 4.53. The maximum Gasteiger partial charge on any atom is 0.292 e. The van der Waals surface area contributed by atoms with Gasteiger partial charge in [-0.2, -0.15) is 0 Å². The third-order valence-corrected chi connectivity index (χ3v) is 7.67. The van der Waals surface area contributed by atoms with E-state index in [2.05, 4.69) is 0 Å². The minimum Gasteiger partial charge on any atom is -0.358 e. The predicted molar refractivity (Wildman–Crippen MR) is 142 cm³/mol. The van der Waals surface area contributed by atoms with E-state index < -0.39 is 27.7 Å². The van der Waals surface area contributed by atoms with Crippen LogP contribution < -0.4 is 0 Å². The van der Waals surface area contributed by atoms with E-state index >= 15 is 8.78 Å². The van der Waals surface area contributed by atoms with Crippen LogP contribution in [0.4, 0.5) is 8.78 Å². The van der Waals surface area contributed by atoms with Gasteiger partial charge in [0.25, 0.3) is 5.92 Å². The summed E-state index contributed by atoms with van der Waals surface area (Å²) in [7, 11) is 0. The zero-order valence-electron chi connectivity index (χ0n) is 18.9. The van der Waals surface area contributed by atoms with Gasteiger partial charge in [0.2, 0.25) is 0 Å².